The van der Waals surface area contributed by atoms with Gasteiger partial charge < -0.3 is 10.2 Å². The van der Waals surface area contributed by atoms with Crippen molar-refractivity contribution in [1.82, 2.24) is 10.2 Å². The van der Waals surface area contributed by atoms with Gasteiger partial charge in [0.2, 0.25) is 0 Å². The smallest absolute Gasteiger partial charge is 0.253 e. The van der Waals surface area contributed by atoms with Gasteiger partial charge in [0.1, 0.15) is 0 Å². The lowest BCUT2D eigenvalue weighted by molar-refractivity contribution is 0.0748. The Morgan fingerprint density at radius 2 is 1.78 bits per heavy atom. The second-order valence-corrected chi connectivity index (χ2v) is 9.44. The Labute approximate surface area is 160 Å². The summed E-state index contributed by atoms with van der Waals surface area (Å²) >= 11 is 0. The quantitative estimate of drug-likeness (QED) is 0.880. The molecule has 0 spiro atoms. The van der Waals surface area contributed by atoms with Gasteiger partial charge in [-0.25, -0.2) is 8.42 Å². The van der Waals surface area contributed by atoms with Crippen LogP contribution in [0, 0.1) is 0 Å². The molecule has 0 aromatic heterocycles. The Morgan fingerprint density at radius 1 is 1.00 bits per heavy atom. The van der Waals surface area contributed by atoms with Gasteiger partial charge in [0.25, 0.3) is 5.91 Å². The Kier molecular flexibility index (Phi) is 5.02. The van der Waals surface area contributed by atoms with Gasteiger partial charge in [0.05, 0.1) is 10.6 Å². The van der Waals surface area contributed by atoms with E-state index >= 15 is 0 Å². The fourth-order valence-electron chi connectivity index (χ4n) is 4.01. The summed E-state index contributed by atoms with van der Waals surface area (Å²) in [6.07, 6.45) is 3.23. The van der Waals surface area contributed by atoms with Crippen molar-refractivity contribution in [3.8, 4) is 0 Å². The molecule has 2 heterocycles. The number of nitrogens with one attached hydrogen (secondary N) is 1. The first-order valence-corrected chi connectivity index (χ1v) is 11.1. The molecule has 0 saturated carbocycles. The molecule has 4 rings (SSSR count). The highest BCUT2D eigenvalue weighted by Crippen LogP contribution is 2.23. The number of amides is 1. The van der Waals surface area contributed by atoms with E-state index in [1.165, 1.54) is 12.5 Å². The van der Waals surface area contributed by atoms with Crippen molar-refractivity contribution in [3.05, 3.63) is 65.7 Å². The summed E-state index contributed by atoms with van der Waals surface area (Å²) in [6, 6.07) is 16.4. The van der Waals surface area contributed by atoms with Gasteiger partial charge in [-0.15, -0.1) is 0 Å². The Balaban J connectivity index is 1.54. The van der Waals surface area contributed by atoms with E-state index in [0.29, 0.717) is 30.7 Å². The maximum Gasteiger partial charge on any atom is 0.253 e. The lowest BCUT2D eigenvalue weighted by Crippen LogP contribution is -2.39. The zero-order valence-electron chi connectivity index (χ0n) is 15.2. The Morgan fingerprint density at radius 3 is 2.59 bits per heavy atom. The Bertz CT molecular complexity index is 927. The molecule has 1 amide bonds. The fraction of sp³-hybridized carbons (Fsp3) is 0.381. The molecule has 5 nitrogen and oxygen atoms in total. The molecular weight excluding hydrogens is 360 g/mol. The summed E-state index contributed by atoms with van der Waals surface area (Å²) in [6.45, 7) is 1.41. The zero-order valence-corrected chi connectivity index (χ0v) is 16.0. The standard InChI is InChI=1S/C21H24N2O3S/c24-21(23-12-11-18-9-10-19(14-23)22-18)17-7-4-8-20(13-17)27(25,26)15-16-5-2-1-3-6-16/h1-8,13,18-19,22H,9-12,14-15H2. The van der Waals surface area contributed by atoms with Crippen molar-refractivity contribution in [1.29, 1.82) is 0 Å². The summed E-state index contributed by atoms with van der Waals surface area (Å²) in [5.74, 6) is -0.149. The fourth-order valence-corrected chi connectivity index (χ4v) is 5.40. The molecule has 2 aliphatic rings. The number of carbonyl (C=O) groups is 1. The van der Waals surface area contributed by atoms with Gasteiger partial charge >= 0.3 is 0 Å². The van der Waals surface area contributed by atoms with Gasteiger partial charge in [0.15, 0.2) is 9.84 Å². The van der Waals surface area contributed by atoms with Crippen molar-refractivity contribution in [3.63, 3.8) is 0 Å². The lowest BCUT2D eigenvalue weighted by Gasteiger charge is -2.24. The van der Waals surface area contributed by atoms with Crippen LogP contribution in [0.2, 0.25) is 0 Å². The number of rotatable bonds is 4. The molecule has 142 valence electrons. The van der Waals surface area contributed by atoms with Crippen LogP contribution >= 0.6 is 0 Å². The van der Waals surface area contributed by atoms with Crippen molar-refractivity contribution in [2.75, 3.05) is 13.1 Å². The molecule has 2 aliphatic heterocycles. The molecule has 2 aromatic carbocycles. The third-order valence-electron chi connectivity index (χ3n) is 5.45. The van der Waals surface area contributed by atoms with Crippen LogP contribution in [0.1, 0.15) is 35.2 Å². The summed E-state index contributed by atoms with van der Waals surface area (Å²) in [5, 5.41) is 3.56. The number of benzene rings is 2. The van der Waals surface area contributed by atoms with Crippen LogP contribution in [-0.4, -0.2) is 44.4 Å². The van der Waals surface area contributed by atoms with E-state index in [9.17, 15) is 13.2 Å². The van der Waals surface area contributed by atoms with E-state index in [-0.39, 0.29) is 16.6 Å². The molecule has 1 N–H and O–H groups in total. The number of likely N-dealkylation sites (tertiary alicyclic amines) is 1. The lowest BCUT2D eigenvalue weighted by atomic mass is 10.1. The highest BCUT2D eigenvalue weighted by atomic mass is 32.2. The van der Waals surface area contributed by atoms with Crippen molar-refractivity contribution in [2.24, 2.45) is 0 Å². The second kappa shape index (κ2) is 7.44. The van der Waals surface area contributed by atoms with E-state index in [2.05, 4.69) is 5.32 Å². The van der Waals surface area contributed by atoms with Crippen molar-refractivity contribution < 1.29 is 13.2 Å². The predicted octanol–water partition coefficient (Wildman–Crippen LogP) is 2.63. The topological polar surface area (TPSA) is 66.5 Å². The average molecular weight is 385 g/mol. The maximum atomic E-state index is 13.0. The molecule has 27 heavy (non-hydrogen) atoms. The summed E-state index contributed by atoms with van der Waals surface area (Å²) in [7, 11) is -3.50. The predicted molar refractivity (Wildman–Crippen MR) is 104 cm³/mol. The normalized spacial score (nSPS) is 22.4. The van der Waals surface area contributed by atoms with Crippen LogP contribution in [0.3, 0.4) is 0 Å². The van der Waals surface area contributed by atoms with Gasteiger partial charge in [-0.2, -0.15) is 0 Å². The molecular formula is C21H24N2O3S. The third-order valence-corrected chi connectivity index (χ3v) is 7.14. The molecule has 2 aromatic rings. The monoisotopic (exact) mass is 384 g/mol. The number of carbonyl (C=O) groups excluding carboxylic acids is 1. The van der Waals surface area contributed by atoms with Crippen LogP contribution in [0.25, 0.3) is 0 Å². The Hall–Kier alpha value is -2.18. The number of sulfone groups is 1. The van der Waals surface area contributed by atoms with Crippen LogP contribution in [0.15, 0.2) is 59.5 Å². The molecule has 2 fully saturated rings. The molecule has 2 unspecified atom stereocenters. The molecule has 0 aliphatic carbocycles. The van der Waals surface area contributed by atoms with Gasteiger partial charge in [-0.05, 0) is 43.0 Å². The summed E-state index contributed by atoms with van der Waals surface area (Å²) in [4.78, 5) is 15.0. The van der Waals surface area contributed by atoms with Crippen LogP contribution in [0.5, 0.6) is 0 Å². The van der Waals surface area contributed by atoms with Crippen LogP contribution < -0.4 is 5.32 Å². The van der Waals surface area contributed by atoms with E-state index in [4.69, 9.17) is 0 Å². The SMILES string of the molecule is O=C(c1cccc(S(=O)(=O)Cc2ccccc2)c1)N1CCC2CCC(C1)N2. The number of fused-ring (bicyclic) bond motifs is 2. The van der Waals surface area contributed by atoms with Crippen LogP contribution in [0.4, 0.5) is 0 Å². The molecule has 2 saturated heterocycles. The second-order valence-electron chi connectivity index (χ2n) is 7.45. The molecule has 6 heteroatoms. The molecule has 2 bridgehead atoms. The summed E-state index contributed by atoms with van der Waals surface area (Å²) < 4.78 is 25.6. The van der Waals surface area contributed by atoms with Gasteiger partial charge in [0, 0.05) is 30.7 Å². The van der Waals surface area contributed by atoms with Gasteiger partial charge in [-0.1, -0.05) is 36.4 Å². The first-order valence-electron chi connectivity index (χ1n) is 9.43. The van der Waals surface area contributed by atoms with E-state index < -0.39 is 9.84 Å². The minimum absolute atomic E-state index is 0.0666. The summed E-state index contributed by atoms with van der Waals surface area (Å²) in [5.41, 5.74) is 1.19. The van der Waals surface area contributed by atoms with E-state index in [0.717, 1.165) is 18.4 Å². The highest BCUT2D eigenvalue weighted by Gasteiger charge is 2.31. The van der Waals surface area contributed by atoms with E-state index in [1.807, 2.05) is 23.1 Å². The largest absolute Gasteiger partial charge is 0.337 e. The first-order chi connectivity index (χ1) is 13.0. The zero-order chi connectivity index (χ0) is 18.9. The minimum atomic E-state index is -3.50. The number of hydrogen-bond acceptors (Lipinski definition) is 4. The van der Waals surface area contributed by atoms with Gasteiger partial charge in [-0.3, -0.25) is 4.79 Å². The maximum absolute atomic E-state index is 13.0. The number of hydrogen-bond donors (Lipinski definition) is 1. The minimum Gasteiger partial charge on any atom is -0.337 e. The third kappa shape index (κ3) is 4.06. The molecule has 2 atom stereocenters. The van der Waals surface area contributed by atoms with Crippen molar-refractivity contribution in [2.45, 2.75) is 42.0 Å². The molecule has 0 radical (unpaired) electrons. The first kappa shape index (κ1) is 18.2. The number of nitrogens with zero attached hydrogens (tertiary/aromatic N) is 1. The average Bonchev–Trinajstić information content (AvgIpc) is 3.00. The van der Waals surface area contributed by atoms with Crippen LogP contribution in [-0.2, 0) is 15.6 Å². The van der Waals surface area contributed by atoms with Crippen molar-refractivity contribution >= 4 is 15.7 Å². The van der Waals surface area contributed by atoms with E-state index in [1.54, 1.807) is 30.3 Å². The highest BCUT2D eigenvalue weighted by molar-refractivity contribution is 7.90.